The smallest absolute Gasteiger partial charge is 0.161 e. The first-order valence-corrected chi connectivity index (χ1v) is 10.0. The van der Waals surface area contributed by atoms with Gasteiger partial charge in [-0.05, 0) is 89.2 Å². The van der Waals surface area contributed by atoms with Crippen molar-refractivity contribution in [1.29, 1.82) is 0 Å². The summed E-state index contributed by atoms with van der Waals surface area (Å²) in [6.07, 6.45) is 2.22. The Hall–Kier alpha value is -3.59. The average molecular weight is 393 g/mol. The van der Waals surface area contributed by atoms with E-state index in [1.54, 1.807) is 14.2 Å². The van der Waals surface area contributed by atoms with E-state index in [0.29, 0.717) is 0 Å². The number of ether oxygens (including phenoxy) is 2. The number of hydrogen-bond acceptors (Lipinski definition) is 3. The largest absolute Gasteiger partial charge is 0.493 e. The maximum Gasteiger partial charge on any atom is 0.161 e. The molecule has 0 spiro atoms. The second kappa shape index (κ2) is 7.03. The van der Waals surface area contributed by atoms with Crippen LogP contribution in [0.1, 0.15) is 27.9 Å². The van der Waals surface area contributed by atoms with Gasteiger partial charge >= 0.3 is 0 Å². The lowest BCUT2D eigenvalue weighted by atomic mass is 9.98. The van der Waals surface area contributed by atoms with Crippen LogP contribution in [-0.4, -0.2) is 19.2 Å². The van der Waals surface area contributed by atoms with E-state index in [1.165, 1.54) is 38.8 Å². The summed E-state index contributed by atoms with van der Waals surface area (Å²) in [6.45, 7) is 4.21. The molecule has 3 heteroatoms. The first-order chi connectivity index (χ1) is 14.6. The van der Waals surface area contributed by atoms with Crippen LogP contribution in [-0.2, 0) is 0 Å². The molecule has 0 N–H and O–H groups in total. The van der Waals surface area contributed by atoms with Crippen molar-refractivity contribution >= 4 is 22.6 Å². The van der Waals surface area contributed by atoms with Crippen LogP contribution in [0.5, 0.6) is 11.5 Å². The van der Waals surface area contributed by atoms with E-state index in [0.717, 1.165) is 28.3 Å². The number of benzene rings is 3. The molecule has 1 aliphatic carbocycles. The van der Waals surface area contributed by atoms with Crippen LogP contribution in [0.3, 0.4) is 0 Å². The molecule has 0 unspecified atom stereocenters. The molecular weight excluding hydrogens is 370 g/mol. The molecule has 5 rings (SSSR count). The second-order valence-corrected chi connectivity index (χ2v) is 7.71. The average Bonchev–Trinajstić information content (AvgIpc) is 3.05. The minimum absolute atomic E-state index is 0.727. The summed E-state index contributed by atoms with van der Waals surface area (Å²) < 4.78 is 10.9. The van der Waals surface area contributed by atoms with Crippen LogP contribution in [0, 0.1) is 13.8 Å². The fourth-order valence-electron chi connectivity index (χ4n) is 4.42. The van der Waals surface area contributed by atoms with Gasteiger partial charge in [0.2, 0.25) is 0 Å². The third-order valence-corrected chi connectivity index (χ3v) is 5.80. The predicted octanol–water partition coefficient (Wildman–Crippen LogP) is 6.44. The van der Waals surface area contributed by atoms with Gasteiger partial charge in [0, 0.05) is 11.1 Å². The standard InChI is InChI=1S/C27H23NO2/c1-16-11-17(2)28-25-15-24-22(12-18-9-10-26(29-3)27(13-18)30-4)19-7-5-6-8-20(19)23(24)14-21(16)25/h5-15H,1-4H3/b22-12+. The third kappa shape index (κ3) is 2.86. The molecular formula is C27H23NO2. The maximum absolute atomic E-state index is 5.50. The lowest BCUT2D eigenvalue weighted by molar-refractivity contribution is 0.355. The van der Waals surface area contributed by atoms with Gasteiger partial charge in [-0.2, -0.15) is 0 Å². The number of fused-ring (bicyclic) bond motifs is 4. The summed E-state index contributed by atoms with van der Waals surface area (Å²) in [5.41, 5.74) is 10.6. The van der Waals surface area contributed by atoms with E-state index >= 15 is 0 Å². The van der Waals surface area contributed by atoms with Crippen LogP contribution in [0.25, 0.3) is 33.7 Å². The van der Waals surface area contributed by atoms with E-state index in [-0.39, 0.29) is 0 Å². The SMILES string of the molecule is COc1ccc(/C=C2\c3ccccc3-c3cc4c(C)cc(C)nc4cc32)cc1OC. The number of nitrogens with zero attached hydrogens (tertiary/aromatic N) is 1. The van der Waals surface area contributed by atoms with Crippen molar-refractivity contribution < 1.29 is 9.47 Å². The highest BCUT2D eigenvalue weighted by Gasteiger charge is 2.24. The zero-order valence-corrected chi connectivity index (χ0v) is 17.6. The summed E-state index contributed by atoms with van der Waals surface area (Å²) in [6, 6.07) is 21.3. The Morgan fingerprint density at radius 1 is 0.733 bits per heavy atom. The Kier molecular flexibility index (Phi) is 4.32. The van der Waals surface area contributed by atoms with Crippen molar-refractivity contribution in [3.63, 3.8) is 0 Å². The van der Waals surface area contributed by atoms with Crippen LogP contribution in [0.4, 0.5) is 0 Å². The molecule has 0 saturated carbocycles. The molecule has 3 aromatic carbocycles. The molecule has 3 nitrogen and oxygen atoms in total. The predicted molar refractivity (Wildman–Crippen MR) is 123 cm³/mol. The lowest BCUT2D eigenvalue weighted by Gasteiger charge is -2.10. The van der Waals surface area contributed by atoms with Crippen molar-refractivity contribution in [3.05, 3.63) is 88.6 Å². The van der Waals surface area contributed by atoms with Gasteiger partial charge in [0.25, 0.3) is 0 Å². The number of aromatic nitrogens is 1. The van der Waals surface area contributed by atoms with Gasteiger partial charge in [-0.1, -0.05) is 30.3 Å². The summed E-state index contributed by atoms with van der Waals surface area (Å²) in [5.74, 6) is 1.46. The molecule has 1 aromatic heterocycles. The molecule has 0 aliphatic heterocycles. The highest BCUT2D eigenvalue weighted by atomic mass is 16.5. The molecule has 0 atom stereocenters. The monoisotopic (exact) mass is 393 g/mol. The second-order valence-electron chi connectivity index (χ2n) is 7.71. The number of methoxy groups -OCH3 is 2. The fraction of sp³-hybridized carbons (Fsp3) is 0.148. The van der Waals surface area contributed by atoms with Crippen LogP contribution in [0.15, 0.2) is 60.7 Å². The Bertz CT molecular complexity index is 1330. The molecule has 1 heterocycles. The van der Waals surface area contributed by atoms with Gasteiger partial charge in [0.1, 0.15) is 0 Å². The van der Waals surface area contributed by atoms with Crippen LogP contribution in [0.2, 0.25) is 0 Å². The summed E-state index contributed by atoms with van der Waals surface area (Å²) in [4.78, 5) is 4.80. The van der Waals surface area contributed by atoms with Gasteiger partial charge in [-0.3, -0.25) is 4.98 Å². The van der Waals surface area contributed by atoms with E-state index in [1.807, 2.05) is 12.1 Å². The topological polar surface area (TPSA) is 31.4 Å². The number of pyridine rings is 1. The van der Waals surface area contributed by atoms with Crippen molar-refractivity contribution in [2.45, 2.75) is 13.8 Å². The molecule has 0 fully saturated rings. The number of aryl methyl sites for hydroxylation is 2. The third-order valence-electron chi connectivity index (χ3n) is 5.80. The Morgan fingerprint density at radius 3 is 2.27 bits per heavy atom. The number of rotatable bonds is 3. The van der Waals surface area contributed by atoms with Crippen molar-refractivity contribution in [2.24, 2.45) is 0 Å². The van der Waals surface area contributed by atoms with Gasteiger partial charge in [0.15, 0.2) is 11.5 Å². The Labute approximate surface area is 176 Å². The van der Waals surface area contributed by atoms with Gasteiger partial charge in [-0.15, -0.1) is 0 Å². The van der Waals surface area contributed by atoms with E-state index in [2.05, 4.69) is 68.5 Å². The van der Waals surface area contributed by atoms with Gasteiger partial charge in [-0.25, -0.2) is 0 Å². The molecule has 1 aliphatic rings. The summed E-state index contributed by atoms with van der Waals surface area (Å²) in [5, 5.41) is 1.21. The van der Waals surface area contributed by atoms with Crippen molar-refractivity contribution in [1.82, 2.24) is 4.98 Å². The minimum Gasteiger partial charge on any atom is -0.493 e. The summed E-state index contributed by atoms with van der Waals surface area (Å²) >= 11 is 0. The first kappa shape index (κ1) is 18.4. The molecule has 148 valence electrons. The fourth-order valence-corrected chi connectivity index (χ4v) is 4.42. The zero-order valence-electron chi connectivity index (χ0n) is 17.6. The number of hydrogen-bond donors (Lipinski definition) is 0. The molecule has 30 heavy (non-hydrogen) atoms. The molecule has 0 amide bonds. The maximum atomic E-state index is 5.50. The quantitative estimate of drug-likeness (QED) is 0.353. The molecule has 0 radical (unpaired) electrons. The van der Waals surface area contributed by atoms with Crippen LogP contribution < -0.4 is 9.47 Å². The minimum atomic E-state index is 0.727. The normalized spacial score (nSPS) is 13.4. The highest BCUT2D eigenvalue weighted by molar-refractivity contribution is 6.09. The van der Waals surface area contributed by atoms with Gasteiger partial charge < -0.3 is 9.47 Å². The van der Waals surface area contributed by atoms with E-state index in [4.69, 9.17) is 14.5 Å². The van der Waals surface area contributed by atoms with Gasteiger partial charge in [0.05, 0.1) is 19.7 Å². The molecule has 0 saturated heterocycles. The van der Waals surface area contributed by atoms with Crippen molar-refractivity contribution in [2.75, 3.05) is 14.2 Å². The lowest BCUT2D eigenvalue weighted by Crippen LogP contribution is -1.91. The zero-order chi connectivity index (χ0) is 20.8. The molecule has 0 bridgehead atoms. The van der Waals surface area contributed by atoms with E-state index < -0.39 is 0 Å². The Morgan fingerprint density at radius 2 is 1.50 bits per heavy atom. The van der Waals surface area contributed by atoms with Crippen LogP contribution >= 0.6 is 0 Å². The Balaban J connectivity index is 1.76. The first-order valence-electron chi connectivity index (χ1n) is 10.0. The highest BCUT2D eigenvalue weighted by Crippen LogP contribution is 2.46. The van der Waals surface area contributed by atoms with Crippen molar-refractivity contribution in [3.8, 4) is 22.6 Å². The molecule has 4 aromatic rings. The summed E-state index contributed by atoms with van der Waals surface area (Å²) in [7, 11) is 3.32. The van der Waals surface area contributed by atoms with E-state index in [9.17, 15) is 0 Å².